The van der Waals surface area contributed by atoms with Crippen molar-refractivity contribution in [3.05, 3.63) is 59.4 Å². The largest absolute Gasteiger partial charge is 0.477 e. The van der Waals surface area contributed by atoms with Gasteiger partial charge in [0.25, 0.3) is 0 Å². The molecule has 3 heterocycles. The van der Waals surface area contributed by atoms with Crippen molar-refractivity contribution in [3.63, 3.8) is 0 Å². The van der Waals surface area contributed by atoms with Crippen LogP contribution in [0.2, 0.25) is 5.15 Å². The number of quaternary nitrogens is 1. The minimum atomic E-state index is -0.328. The van der Waals surface area contributed by atoms with Gasteiger partial charge in [0, 0.05) is 37.4 Å². The molecule has 110 valence electrons. The molecule has 0 radical (unpaired) electrons. The topological polar surface area (TPSA) is 34.5 Å². The highest BCUT2D eigenvalue weighted by Gasteiger charge is 2.50. The fourth-order valence-electron chi connectivity index (χ4n) is 3.14. The highest BCUT2D eigenvalue weighted by molar-refractivity contribution is 6.29. The average Bonchev–Trinajstić information content (AvgIpc) is 2.85. The third-order valence-electron chi connectivity index (χ3n) is 4.07. The molecule has 22 heavy (non-hydrogen) atoms. The van der Waals surface area contributed by atoms with E-state index in [9.17, 15) is 4.39 Å². The van der Waals surface area contributed by atoms with Gasteiger partial charge in [-0.2, -0.15) is 4.48 Å². The first-order valence-electron chi connectivity index (χ1n) is 6.81. The maximum Gasteiger partial charge on any atom is 0.215 e. The molecule has 1 aromatic carbocycles. The number of ether oxygens (including phenoxy) is 1. The predicted molar refractivity (Wildman–Crippen MR) is 83.8 cm³/mol. The van der Waals surface area contributed by atoms with E-state index in [0.29, 0.717) is 17.5 Å². The Morgan fingerprint density at radius 3 is 2.95 bits per heavy atom. The number of hydrogen-bond acceptors (Lipinski definition) is 3. The van der Waals surface area contributed by atoms with E-state index in [4.69, 9.17) is 16.3 Å². The number of rotatable bonds is 1. The second kappa shape index (κ2) is 4.63. The molecular formula is C16H12ClFN3O+. The Morgan fingerprint density at radius 1 is 1.27 bits per heavy atom. The van der Waals surface area contributed by atoms with Gasteiger partial charge in [0.05, 0.1) is 6.20 Å². The maximum absolute atomic E-state index is 13.6. The lowest BCUT2D eigenvalue weighted by molar-refractivity contribution is 0.303. The number of amidine groups is 1. The molecule has 0 saturated heterocycles. The van der Waals surface area contributed by atoms with E-state index in [1.807, 2.05) is 13.0 Å². The van der Waals surface area contributed by atoms with Gasteiger partial charge in [-0.25, -0.2) is 14.4 Å². The van der Waals surface area contributed by atoms with E-state index >= 15 is 0 Å². The van der Waals surface area contributed by atoms with Crippen LogP contribution < -0.4 is 9.22 Å². The Labute approximate surface area is 131 Å². The van der Waals surface area contributed by atoms with Crippen molar-refractivity contribution in [2.75, 3.05) is 6.61 Å². The summed E-state index contributed by atoms with van der Waals surface area (Å²) < 4.78 is 19.6. The number of halogens is 2. The number of aliphatic imine (C=N–C) groups is 1. The van der Waals surface area contributed by atoms with Gasteiger partial charge >= 0.3 is 0 Å². The van der Waals surface area contributed by atoms with E-state index in [2.05, 4.69) is 9.98 Å². The summed E-state index contributed by atoms with van der Waals surface area (Å²) in [4.78, 5) is 8.52. The molecule has 2 aliphatic rings. The first kappa shape index (κ1) is 13.4. The van der Waals surface area contributed by atoms with Crippen LogP contribution in [0.5, 0.6) is 5.75 Å². The molecule has 0 aliphatic carbocycles. The van der Waals surface area contributed by atoms with Crippen LogP contribution in [0, 0.1) is 5.82 Å². The van der Waals surface area contributed by atoms with Gasteiger partial charge in [0.2, 0.25) is 5.84 Å². The molecule has 0 fully saturated rings. The van der Waals surface area contributed by atoms with Gasteiger partial charge in [-0.3, -0.25) is 0 Å². The summed E-state index contributed by atoms with van der Waals surface area (Å²) in [5.41, 5.74) is 2.68. The normalized spacial score (nSPS) is 22.3. The Morgan fingerprint density at radius 2 is 2.14 bits per heavy atom. The molecule has 1 atom stereocenters. The van der Waals surface area contributed by atoms with Crippen molar-refractivity contribution in [1.82, 2.24) is 9.47 Å². The van der Waals surface area contributed by atoms with Crippen molar-refractivity contribution >= 4 is 28.8 Å². The summed E-state index contributed by atoms with van der Waals surface area (Å²) in [7, 11) is 0. The van der Waals surface area contributed by atoms with Gasteiger partial charge in [0.15, 0.2) is 29.4 Å². The SMILES string of the molecule is CC1=NC=C2COc3cc(F)ccc3[N+]21c1ccnc(Cl)c1. The molecule has 0 saturated carbocycles. The summed E-state index contributed by atoms with van der Waals surface area (Å²) in [6.07, 6.45) is 3.46. The Bertz CT molecular complexity index is 849. The molecule has 0 N–H and O–H groups in total. The monoisotopic (exact) mass is 316 g/mol. The molecule has 0 bridgehead atoms. The van der Waals surface area contributed by atoms with Gasteiger partial charge in [0.1, 0.15) is 11.0 Å². The highest BCUT2D eigenvalue weighted by atomic mass is 35.5. The second-order valence-corrected chi connectivity index (χ2v) is 5.59. The second-order valence-electron chi connectivity index (χ2n) is 5.21. The quantitative estimate of drug-likeness (QED) is 0.584. The zero-order valence-corrected chi connectivity index (χ0v) is 12.5. The van der Waals surface area contributed by atoms with E-state index in [1.165, 1.54) is 12.1 Å². The lowest BCUT2D eigenvalue weighted by Gasteiger charge is -2.38. The molecule has 0 spiro atoms. The number of benzene rings is 1. The number of aromatic nitrogens is 1. The fourth-order valence-corrected chi connectivity index (χ4v) is 3.31. The minimum Gasteiger partial charge on any atom is -0.477 e. The Kier molecular flexibility index (Phi) is 2.82. The Hall–Kier alpha value is -2.24. The van der Waals surface area contributed by atoms with Crippen molar-refractivity contribution < 1.29 is 9.13 Å². The number of fused-ring (bicyclic) bond motifs is 3. The van der Waals surface area contributed by atoms with Crippen molar-refractivity contribution in [3.8, 4) is 5.75 Å². The van der Waals surface area contributed by atoms with Gasteiger partial charge in [-0.05, 0) is 6.07 Å². The average molecular weight is 317 g/mol. The molecule has 4 rings (SSSR count). The minimum absolute atomic E-state index is 0.290. The van der Waals surface area contributed by atoms with E-state index in [1.54, 1.807) is 24.5 Å². The lowest BCUT2D eigenvalue weighted by atomic mass is 10.1. The molecule has 2 aromatic rings. The third kappa shape index (κ3) is 1.66. The fraction of sp³-hybridized carbons (Fsp3) is 0.125. The third-order valence-corrected chi connectivity index (χ3v) is 4.28. The van der Waals surface area contributed by atoms with Crippen LogP contribution in [-0.4, -0.2) is 17.4 Å². The van der Waals surface area contributed by atoms with Crippen molar-refractivity contribution in [2.24, 2.45) is 4.99 Å². The number of nitrogens with zero attached hydrogens (tertiary/aromatic N) is 3. The van der Waals surface area contributed by atoms with Crippen LogP contribution in [0.4, 0.5) is 15.8 Å². The lowest BCUT2D eigenvalue weighted by Crippen LogP contribution is -2.49. The van der Waals surface area contributed by atoms with Crippen molar-refractivity contribution in [2.45, 2.75) is 6.92 Å². The van der Waals surface area contributed by atoms with E-state index < -0.39 is 0 Å². The summed E-state index contributed by atoms with van der Waals surface area (Å²) in [6, 6.07) is 8.26. The summed E-state index contributed by atoms with van der Waals surface area (Å²) in [5.74, 6) is 1.04. The molecule has 1 aromatic heterocycles. The first-order chi connectivity index (χ1) is 10.6. The predicted octanol–water partition coefficient (Wildman–Crippen LogP) is 4.18. The molecule has 6 heteroatoms. The maximum atomic E-state index is 13.6. The molecule has 0 amide bonds. The van der Waals surface area contributed by atoms with Crippen LogP contribution in [0.3, 0.4) is 0 Å². The molecule has 4 nitrogen and oxygen atoms in total. The van der Waals surface area contributed by atoms with Crippen LogP contribution in [0.1, 0.15) is 6.92 Å². The molecule has 2 aliphatic heterocycles. The van der Waals surface area contributed by atoms with E-state index in [-0.39, 0.29) is 10.3 Å². The van der Waals surface area contributed by atoms with Gasteiger partial charge in [-0.15, -0.1) is 0 Å². The molecule has 1 unspecified atom stereocenters. The number of pyridine rings is 1. The van der Waals surface area contributed by atoms with Crippen LogP contribution in [0.25, 0.3) is 0 Å². The first-order valence-corrected chi connectivity index (χ1v) is 7.19. The van der Waals surface area contributed by atoms with Crippen molar-refractivity contribution in [1.29, 1.82) is 0 Å². The van der Waals surface area contributed by atoms with Crippen LogP contribution in [-0.2, 0) is 0 Å². The van der Waals surface area contributed by atoms with Crippen LogP contribution >= 0.6 is 11.6 Å². The molecular weight excluding hydrogens is 305 g/mol. The van der Waals surface area contributed by atoms with Gasteiger partial charge < -0.3 is 4.74 Å². The summed E-state index contributed by atoms with van der Waals surface area (Å²) in [5, 5.41) is 0.402. The summed E-state index contributed by atoms with van der Waals surface area (Å²) >= 11 is 6.08. The highest BCUT2D eigenvalue weighted by Crippen LogP contribution is 2.50. The Balaban J connectivity index is 2.06. The summed E-state index contributed by atoms with van der Waals surface area (Å²) in [6.45, 7) is 2.29. The zero-order chi connectivity index (χ0) is 15.3. The van der Waals surface area contributed by atoms with E-state index in [0.717, 1.165) is 22.9 Å². The standard InChI is InChI=1S/C16H12ClFN3O/c1-10-20-8-13-9-22-15-6-11(18)2-3-14(15)21(10,13)12-4-5-19-16(17)7-12/h2-8H,9H2,1H3/q+1. The van der Waals surface area contributed by atoms with Crippen LogP contribution in [0.15, 0.2) is 53.4 Å². The zero-order valence-electron chi connectivity index (χ0n) is 11.8. The van der Waals surface area contributed by atoms with Gasteiger partial charge in [-0.1, -0.05) is 11.6 Å². The smallest absolute Gasteiger partial charge is 0.215 e. The number of hydrogen-bond donors (Lipinski definition) is 0.